The lowest BCUT2D eigenvalue weighted by atomic mass is 10.2. The van der Waals surface area contributed by atoms with Gasteiger partial charge in [-0.3, -0.25) is 4.79 Å². The van der Waals surface area contributed by atoms with Crippen molar-refractivity contribution in [3.05, 3.63) is 59.8 Å². The molecule has 0 aliphatic heterocycles. The molecule has 1 heterocycles. The van der Waals surface area contributed by atoms with E-state index in [9.17, 15) is 9.90 Å². The monoisotopic (exact) mass is 323 g/mol. The number of amides is 1. The van der Waals surface area contributed by atoms with Crippen LogP contribution in [0, 0.1) is 0 Å². The number of hydrogen-bond donors (Lipinski definition) is 2. The molecule has 2 aromatic carbocycles. The number of aromatic hydroxyl groups is 1. The predicted octanol–water partition coefficient (Wildman–Crippen LogP) is 2.66. The summed E-state index contributed by atoms with van der Waals surface area (Å²) in [6, 6.07) is 14.0. The molecule has 24 heavy (non-hydrogen) atoms. The summed E-state index contributed by atoms with van der Waals surface area (Å²) in [6.07, 6.45) is 1.52. The van der Waals surface area contributed by atoms with Gasteiger partial charge in [-0.1, -0.05) is 0 Å². The molecule has 3 rings (SSSR count). The first kappa shape index (κ1) is 15.6. The minimum absolute atomic E-state index is 0.183. The van der Waals surface area contributed by atoms with Crippen LogP contribution in [0.1, 0.15) is 16.1 Å². The van der Waals surface area contributed by atoms with Gasteiger partial charge in [-0.2, -0.15) is 5.10 Å². The normalized spacial score (nSPS) is 11.1. The van der Waals surface area contributed by atoms with Crippen molar-refractivity contribution in [1.29, 1.82) is 0 Å². The van der Waals surface area contributed by atoms with E-state index in [1.54, 1.807) is 42.0 Å². The van der Waals surface area contributed by atoms with Gasteiger partial charge in [-0.05, 0) is 54.1 Å². The van der Waals surface area contributed by atoms with E-state index in [1.165, 1.54) is 6.21 Å². The Morgan fingerprint density at radius 3 is 2.67 bits per heavy atom. The molecule has 0 unspecified atom stereocenters. The number of rotatable bonds is 4. The summed E-state index contributed by atoms with van der Waals surface area (Å²) in [7, 11) is 3.43. The smallest absolute Gasteiger partial charge is 0.287 e. The number of nitrogens with zero attached hydrogens (tertiary/aromatic N) is 2. The lowest BCUT2D eigenvalue weighted by Crippen LogP contribution is -2.20. The van der Waals surface area contributed by atoms with E-state index < -0.39 is 0 Å². The first-order valence-corrected chi connectivity index (χ1v) is 7.34. The number of fused-ring (bicyclic) bond motifs is 1. The van der Waals surface area contributed by atoms with Crippen LogP contribution in [0.15, 0.2) is 53.6 Å². The van der Waals surface area contributed by atoms with E-state index in [0.29, 0.717) is 5.69 Å². The van der Waals surface area contributed by atoms with Crippen LogP contribution < -0.4 is 10.2 Å². The number of phenols is 1. The number of aromatic nitrogens is 1. The van der Waals surface area contributed by atoms with E-state index in [4.69, 9.17) is 4.74 Å². The Bertz CT molecular complexity index is 911. The number of aryl methyl sites for hydroxylation is 1. The topological polar surface area (TPSA) is 75.8 Å². The summed E-state index contributed by atoms with van der Waals surface area (Å²) in [4.78, 5) is 12.3. The molecule has 122 valence electrons. The highest BCUT2D eigenvalue weighted by Gasteiger charge is 2.13. The molecule has 0 saturated heterocycles. The van der Waals surface area contributed by atoms with Crippen molar-refractivity contribution >= 4 is 23.0 Å². The van der Waals surface area contributed by atoms with Crippen LogP contribution in [0.5, 0.6) is 11.5 Å². The molecule has 6 nitrogen and oxygen atoms in total. The minimum Gasteiger partial charge on any atom is -0.508 e. The summed E-state index contributed by atoms with van der Waals surface area (Å²) in [5.74, 6) is 0.621. The number of phenolic OH excluding ortho intramolecular Hbond substituents is 1. The van der Waals surface area contributed by atoms with Gasteiger partial charge in [0.1, 0.15) is 17.2 Å². The standard InChI is InChI=1S/C18H17N3O3/c1-21-16-8-7-15(24-2)9-13(16)10-17(21)18(23)20-19-11-12-3-5-14(22)6-4-12/h3-11,22H,1-2H3,(H,20,23). The number of ether oxygens (including phenoxy) is 1. The third-order valence-electron chi connectivity index (χ3n) is 3.76. The average molecular weight is 323 g/mol. The van der Waals surface area contributed by atoms with Gasteiger partial charge in [0.2, 0.25) is 0 Å². The highest BCUT2D eigenvalue weighted by Crippen LogP contribution is 2.23. The Kier molecular flexibility index (Phi) is 4.20. The lowest BCUT2D eigenvalue weighted by Gasteiger charge is -2.03. The van der Waals surface area contributed by atoms with Crippen LogP contribution in [0.4, 0.5) is 0 Å². The third-order valence-corrected chi connectivity index (χ3v) is 3.76. The summed E-state index contributed by atoms with van der Waals surface area (Å²) >= 11 is 0. The number of hydrogen-bond acceptors (Lipinski definition) is 4. The molecule has 0 aliphatic carbocycles. The van der Waals surface area contributed by atoms with Crippen molar-refractivity contribution in [2.24, 2.45) is 12.1 Å². The van der Waals surface area contributed by atoms with Crippen molar-refractivity contribution in [2.75, 3.05) is 7.11 Å². The van der Waals surface area contributed by atoms with Crippen LogP contribution in [0.3, 0.4) is 0 Å². The Morgan fingerprint density at radius 2 is 1.96 bits per heavy atom. The maximum atomic E-state index is 12.3. The maximum Gasteiger partial charge on any atom is 0.287 e. The fraction of sp³-hybridized carbons (Fsp3) is 0.111. The highest BCUT2D eigenvalue weighted by atomic mass is 16.5. The lowest BCUT2D eigenvalue weighted by molar-refractivity contribution is 0.0947. The maximum absolute atomic E-state index is 12.3. The SMILES string of the molecule is COc1ccc2c(c1)cc(C(=O)NN=Cc1ccc(O)cc1)n2C. The second-order valence-electron chi connectivity index (χ2n) is 5.30. The van der Waals surface area contributed by atoms with Crippen LogP contribution in [0.2, 0.25) is 0 Å². The summed E-state index contributed by atoms with van der Waals surface area (Å²) in [5, 5.41) is 14.1. The Hall–Kier alpha value is -3.28. The van der Waals surface area contributed by atoms with Gasteiger partial charge in [0, 0.05) is 18.0 Å². The molecule has 0 spiro atoms. The largest absolute Gasteiger partial charge is 0.508 e. The van der Waals surface area contributed by atoms with Crippen LogP contribution in [-0.2, 0) is 7.05 Å². The summed E-state index contributed by atoms with van der Waals surface area (Å²) < 4.78 is 7.01. The number of methoxy groups -OCH3 is 1. The number of nitrogens with one attached hydrogen (secondary N) is 1. The molecule has 0 radical (unpaired) electrons. The molecule has 6 heteroatoms. The van der Waals surface area contributed by atoms with Crippen LogP contribution >= 0.6 is 0 Å². The van der Waals surface area contributed by atoms with Gasteiger partial charge in [-0.25, -0.2) is 5.43 Å². The first-order valence-electron chi connectivity index (χ1n) is 7.34. The Morgan fingerprint density at radius 1 is 1.21 bits per heavy atom. The van der Waals surface area contributed by atoms with Crippen LogP contribution in [0.25, 0.3) is 10.9 Å². The van der Waals surface area contributed by atoms with Gasteiger partial charge >= 0.3 is 0 Å². The third kappa shape index (κ3) is 3.08. The van der Waals surface area contributed by atoms with Gasteiger partial charge in [0.25, 0.3) is 5.91 Å². The van der Waals surface area contributed by atoms with E-state index in [-0.39, 0.29) is 11.7 Å². The van der Waals surface area contributed by atoms with Crippen molar-refractivity contribution in [1.82, 2.24) is 9.99 Å². The highest BCUT2D eigenvalue weighted by molar-refractivity contribution is 5.99. The molecule has 0 saturated carbocycles. The fourth-order valence-corrected chi connectivity index (χ4v) is 2.46. The minimum atomic E-state index is -0.303. The molecule has 1 aromatic heterocycles. The van der Waals surface area contributed by atoms with Gasteiger partial charge < -0.3 is 14.4 Å². The van der Waals surface area contributed by atoms with E-state index >= 15 is 0 Å². The summed E-state index contributed by atoms with van der Waals surface area (Å²) in [6.45, 7) is 0. The number of hydrazone groups is 1. The van der Waals surface area contributed by atoms with E-state index in [0.717, 1.165) is 22.2 Å². The molecule has 1 amide bonds. The Balaban J connectivity index is 1.78. The molecule has 3 aromatic rings. The quantitative estimate of drug-likeness (QED) is 0.572. The zero-order chi connectivity index (χ0) is 17.1. The number of carbonyl (C=O) groups excluding carboxylic acids is 1. The van der Waals surface area contributed by atoms with Crippen molar-refractivity contribution in [3.8, 4) is 11.5 Å². The van der Waals surface area contributed by atoms with E-state index in [2.05, 4.69) is 10.5 Å². The predicted molar refractivity (Wildman–Crippen MR) is 92.6 cm³/mol. The number of benzene rings is 2. The molecule has 2 N–H and O–H groups in total. The molecular weight excluding hydrogens is 306 g/mol. The van der Waals surface area contributed by atoms with Crippen molar-refractivity contribution < 1.29 is 14.6 Å². The molecule has 0 aliphatic rings. The second-order valence-corrected chi connectivity index (χ2v) is 5.30. The molecule has 0 bridgehead atoms. The zero-order valence-electron chi connectivity index (χ0n) is 13.4. The number of carbonyl (C=O) groups is 1. The second kappa shape index (κ2) is 6.45. The Labute approximate surface area is 139 Å². The van der Waals surface area contributed by atoms with E-state index in [1.807, 2.05) is 25.2 Å². The molecule has 0 atom stereocenters. The zero-order valence-corrected chi connectivity index (χ0v) is 13.4. The van der Waals surface area contributed by atoms with Gasteiger partial charge in [0.05, 0.1) is 13.3 Å². The fourth-order valence-electron chi connectivity index (χ4n) is 2.46. The summed E-state index contributed by atoms with van der Waals surface area (Å²) in [5.41, 5.74) is 4.72. The van der Waals surface area contributed by atoms with Gasteiger partial charge in [-0.15, -0.1) is 0 Å². The van der Waals surface area contributed by atoms with Gasteiger partial charge in [0.15, 0.2) is 0 Å². The average Bonchev–Trinajstić information content (AvgIpc) is 2.93. The molecular formula is C18H17N3O3. The van der Waals surface area contributed by atoms with Crippen LogP contribution in [-0.4, -0.2) is 28.9 Å². The van der Waals surface area contributed by atoms with Crippen molar-refractivity contribution in [2.45, 2.75) is 0 Å². The van der Waals surface area contributed by atoms with Crippen molar-refractivity contribution in [3.63, 3.8) is 0 Å². The first-order chi connectivity index (χ1) is 11.6. The molecule has 0 fully saturated rings.